The van der Waals surface area contributed by atoms with Gasteiger partial charge in [0, 0.05) is 53.8 Å². The fourth-order valence-corrected chi connectivity index (χ4v) is 3.83. The highest BCUT2D eigenvalue weighted by Gasteiger charge is 2.11. The highest BCUT2D eigenvalue weighted by Crippen LogP contribution is 2.30. The minimum absolute atomic E-state index is 0.930. The van der Waals surface area contributed by atoms with E-state index in [0.717, 1.165) is 26.2 Å². The van der Waals surface area contributed by atoms with Crippen molar-refractivity contribution in [2.24, 2.45) is 0 Å². The Labute approximate surface area is 154 Å². The molecule has 0 N–H and O–H groups in total. The summed E-state index contributed by atoms with van der Waals surface area (Å²) in [5.74, 6) is 0. The van der Waals surface area contributed by atoms with Crippen molar-refractivity contribution >= 4 is 21.8 Å². The lowest BCUT2D eigenvalue weighted by Crippen LogP contribution is -2.22. The van der Waals surface area contributed by atoms with Gasteiger partial charge in [0.25, 0.3) is 0 Å². The predicted octanol–water partition coefficient (Wildman–Crippen LogP) is 5.23. The number of fused-ring (bicyclic) bond motifs is 3. The largest absolute Gasteiger partial charge is 0.341 e. The average molecular weight is 343 g/mol. The summed E-state index contributed by atoms with van der Waals surface area (Å²) >= 11 is 0. The zero-order valence-electron chi connectivity index (χ0n) is 15.5. The number of aromatic nitrogens is 2. The molecule has 0 fully saturated rings. The first kappa shape index (κ1) is 16.8. The number of rotatable bonds is 6. The third-order valence-corrected chi connectivity index (χ3v) is 5.14. The standard InChI is InChI=1S/C23H25N3/c1-3-25(17-19-8-7-13-24-15-19)16-18-11-12-23-21(14-18)20-9-5-6-10-22(20)26(23)4-2/h5-15H,3-4,16-17H2,1-2H3. The van der Waals surface area contributed by atoms with E-state index in [1.54, 1.807) is 0 Å². The van der Waals surface area contributed by atoms with Gasteiger partial charge in [-0.1, -0.05) is 37.3 Å². The highest BCUT2D eigenvalue weighted by atomic mass is 15.1. The number of hydrogen-bond acceptors (Lipinski definition) is 2. The van der Waals surface area contributed by atoms with Gasteiger partial charge in [-0.25, -0.2) is 0 Å². The van der Waals surface area contributed by atoms with E-state index in [0.29, 0.717) is 0 Å². The van der Waals surface area contributed by atoms with Crippen molar-refractivity contribution in [1.29, 1.82) is 0 Å². The summed E-state index contributed by atoms with van der Waals surface area (Å²) in [5.41, 5.74) is 5.28. The molecule has 3 heteroatoms. The van der Waals surface area contributed by atoms with Crippen molar-refractivity contribution in [3.05, 3.63) is 78.1 Å². The molecule has 0 atom stereocenters. The molecule has 0 saturated carbocycles. The quantitative estimate of drug-likeness (QED) is 0.478. The van der Waals surface area contributed by atoms with Crippen molar-refractivity contribution in [2.45, 2.75) is 33.5 Å². The fraction of sp³-hybridized carbons (Fsp3) is 0.261. The Morgan fingerprint density at radius 2 is 1.65 bits per heavy atom. The van der Waals surface area contributed by atoms with Crippen LogP contribution >= 0.6 is 0 Å². The highest BCUT2D eigenvalue weighted by molar-refractivity contribution is 6.08. The Kier molecular flexibility index (Phi) is 4.72. The van der Waals surface area contributed by atoms with E-state index < -0.39 is 0 Å². The third-order valence-electron chi connectivity index (χ3n) is 5.14. The molecule has 0 aliphatic heterocycles. The molecule has 4 aromatic rings. The molecule has 2 heterocycles. The predicted molar refractivity (Wildman–Crippen MR) is 109 cm³/mol. The number of hydrogen-bond donors (Lipinski definition) is 0. The molecule has 4 rings (SSSR count). The Morgan fingerprint density at radius 3 is 2.42 bits per heavy atom. The van der Waals surface area contributed by atoms with Gasteiger partial charge >= 0.3 is 0 Å². The smallest absolute Gasteiger partial charge is 0.0491 e. The Bertz CT molecular complexity index is 1020. The molecule has 26 heavy (non-hydrogen) atoms. The van der Waals surface area contributed by atoms with Crippen molar-refractivity contribution in [3.63, 3.8) is 0 Å². The summed E-state index contributed by atoms with van der Waals surface area (Å²) in [6.45, 7) is 8.32. The van der Waals surface area contributed by atoms with Crippen molar-refractivity contribution in [1.82, 2.24) is 14.5 Å². The van der Waals surface area contributed by atoms with Gasteiger partial charge in [-0.05, 0) is 48.9 Å². The summed E-state index contributed by atoms with van der Waals surface area (Å²) in [6.07, 6.45) is 3.79. The monoisotopic (exact) mass is 343 g/mol. The molecule has 0 radical (unpaired) electrons. The maximum atomic E-state index is 4.24. The van der Waals surface area contributed by atoms with Crippen LogP contribution in [0, 0.1) is 0 Å². The molecule has 0 unspecified atom stereocenters. The molecule has 0 bridgehead atoms. The fourth-order valence-electron chi connectivity index (χ4n) is 3.83. The van der Waals surface area contributed by atoms with Gasteiger partial charge in [0.05, 0.1) is 0 Å². The molecule has 0 amide bonds. The van der Waals surface area contributed by atoms with Crippen LogP contribution in [0.4, 0.5) is 0 Å². The molecule has 0 saturated heterocycles. The normalized spacial score (nSPS) is 11.7. The molecule has 2 aromatic carbocycles. The van der Waals surface area contributed by atoms with Crippen LogP contribution < -0.4 is 0 Å². The topological polar surface area (TPSA) is 21.1 Å². The lowest BCUT2D eigenvalue weighted by molar-refractivity contribution is 0.271. The van der Waals surface area contributed by atoms with Crippen molar-refractivity contribution < 1.29 is 0 Å². The molecule has 0 aliphatic rings. The lowest BCUT2D eigenvalue weighted by Gasteiger charge is -2.20. The lowest BCUT2D eigenvalue weighted by atomic mass is 10.1. The van der Waals surface area contributed by atoms with Gasteiger partial charge in [0.15, 0.2) is 0 Å². The summed E-state index contributed by atoms with van der Waals surface area (Å²) < 4.78 is 2.40. The van der Waals surface area contributed by atoms with Crippen LogP contribution in [-0.4, -0.2) is 21.0 Å². The number of nitrogens with zero attached hydrogens (tertiary/aromatic N) is 3. The van der Waals surface area contributed by atoms with E-state index in [-0.39, 0.29) is 0 Å². The van der Waals surface area contributed by atoms with E-state index >= 15 is 0 Å². The van der Waals surface area contributed by atoms with Crippen LogP contribution in [0.25, 0.3) is 21.8 Å². The molecule has 3 nitrogen and oxygen atoms in total. The van der Waals surface area contributed by atoms with Gasteiger partial charge in [0.2, 0.25) is 0 Å². The summed E-state index contributed by atoms with van der Waals surface area (Å²) in [7, 11) is 0. The van der Waals surface area contributed by atoms with E-state index in [1.807, 2.05) is 18.5 Å². The van der Waals surface area contributed by atoms with Gasteiger partial charge in [-0.15, -0.1) is 0 Å². The maximum absolute atomic E-state index is 4.24. The van der Waals surface area contributed by atoms with Crippen LogP contribution in [0.5, 0.6) is 0 Å². The second kappa shape index (κ2) is 7.30. The Morgan fingerprint density at radius 1 is 0.846 bits per heavy atom. The maximum Gasteiger partial charge on any atom is 0.0491 e. The number of aryl methyl sites for hydroxylation is 1. The average Bonchev–Trinajstić information content (AvgIpc) is 3.01. The van der Waals surface area contributed by atoms with E-state index in [1.165, 1.54) is 32.9 Å². The number of para-hydroxylation sites is 1. The second-order valence-corrected chi connectivity index (χ2v) is 6.78. The van der Waals surface area contributed by atoms with E-state index in [2.05, 4.69) is 76.8 Å². The third kappa shape index (κ3) is 3.11. The summed E-state index contributed by atoms with van der Waals surface area (Å²) in [5, 5.41) is 2.71. The zero-order valence-corrected chi connectivity index (χ0v) is 15.5. The summed E-state index contributed by atoms with van der Waals surface area (Å²) in [6, 6.07) is 19.8. The van der Waals surface area contributed by atoms with Gasteiger partial charge in [-0.3, -0.25) is 9.88 Å². The van der Waals surface area contributed by atoms with Crippen LogP contribution in [0.2, 0.25) is 0 Å². The van der Waals surface area contributed by atoms with Crippen LogP contribution in [-0.2, 0) is 19.6 Å². The summed E-state index contributed by atoms with van der Waals surface area (Å²) in [4.78, 5) is 6.69. The first-order valence-corrected chi connectivity index (χ1v) is 9.41. The zero-order chi connectivity index (χ0) is 17.9. The molecule has 0 aliphatic carbocycles. The van der Waals surface area contributed by atoms with Gasteiger partial charge in [-0.2, -0.15) is 0 Å². The first-order chi connectivity index (χ1) is 12.8. The van der Waals surface area contributed by atoms with Crippen LogP contribution in [0.1, 0.15) is 25.0 Å². The Balaban J connectivity index is 1.67. The number of benzene rings is 2. The number of pyridine rings is 1. The molecule has 2 aromatic heterocycles. The molecular formula is C23H25N3. The van der Waals surface area contributed by atoms with Crippen LogP contribution in [0.3, 0.4) is 0 Å². The van der Waals surface area contributed by atoms with Crippen LogP contribution in [0.15, 0.2) is 67.0 Å². The van der Waals surface area contributed by atoms with Gasteiger partial charge < -0.3 is 4.57 Å². The van der Waals surface area contributed by atoms with E-state index in [4.69, 9.17) is 0 Å². The van der Waals surface area contributed by atoms with E-state index in [9.17, 15) is 0 Å². The van der Waals surface area contributed by atoms with Crippen molar-refractivity contribution in [2.75, 3.05) is 6.54 Å². The Hall–Kier alpha value is -2.65. The minimum atomic E-state index is 0.930. The first-order valence-electron chi connectivity index (χ1n) is 9.41. The molecular weight excluding hydrogens is 318 g/mol. The second-order valence-electron chi connectivity index (χ2n) is 6.78. The van der Waals surface area contributed by atoms with Gasteiger partial charge in [0.1, 0.15) is 0 Å². The SMILES string of the molecule is CCN(Cc1cccnc1)Cc1ccc2c(c1)c1ccccc1n2CC. The molecule has 132 valence electrons. The molecule has 0 spiro atoms. The minimum Gasteiger partial charge on any atom is -0.341 e. The van der Waals surface area contributed by atoms with Crippen molar-refractivity contribution in [3.8, 4) is 0 Å².